The summed E-state index contributed by atoms with van der Waals surface area (Å²) in [6, 6.07) is 4.78. The van der Waals surface area contributed by atoms with E-state index in [1.807, 2.05) is 6.08 Å². The Morgan fingerprint density at radius 2 is 2.00 bits per heavy atom. The first-order valence-electron chi connectivity index (χ1n) is 9.87. The first-order valence-corrected chi connectivity index (χ1v) is 11.3. The zero-order valence-electron chi connectivity index (χ0n) is 16.9. The molecule has 0 radical (unpaired) electrons. The van der Waals surface area contributed by atoms with Crippen LogP contribution in [0.1, 0.15) is 38.8 Å². The molecule has 0 bridgehead atoms. The van der Waals surface area contributed by atoms with Crippen LogP contribution in [-0.4, -0.2) is 50.1 Å². The summed E-state index contributed by atoms with van der Waals surface area (Å²) < 4.78 is 72.6. The number of aromatic nitrogens is 1. The van der Waals surface area contributed by atoms with Gasteiger partial charge in [0.15, 0.2) is 5.75 Å². The molecule has 1 aromatic heterocycles. The normalized spacial score (nSPS) is 16.0. The van der Waals surface area contributed by atoms with Crippen molar-refractivity contribution in [3.05, 3.63) is 30.0 Å². The van der Waals surface area contributed by atoms with Gasteiger partial charge in [-0.15, -0.1) is 0 Å². The number of hydrogen-bond donors (Lipinski definition) is 1. The third-order valence-corrected chi connectivity index (χ3v) is 5.91. The van der Waals surface area contributed by atoms with E-state index in [9.17, 15) is 21.6 Å². The number of hydrogen-bond acceptors (Lipinski definition) is 5. The lowest BCUT2D eigenvalue weighted by Crippen LogP contribution is -2.30. The van der Waals surface area contributed by atoms with Crippen molar-refractivity contribution < 1.29 is 30.5 Å². The van der Waals surface area contributed by atoms with E-state index in [0.29, 0.717) is 30.8 Å². The molecule has 1 aliphatic rings. The Morgan fingerprint density at radius 1 is 1.23 bits per heavy atom. The maximum absolute atomic E-state index is 13.0. The average Bonchev–Trinajstić information content (AvgIpc) is 3.03. The molecule has 0 amide bonds. The minimum absolute atomic E-state index is 0.220. The Morgan fingerprint density at radius 3 is 2.60 bits per heavy atom. The average molecular weight is 446 g/mol. The molecule has 6 nitrogen and oxygen atoms in total. The van der Waals surface area contributed by atoms with Crippen molar-refractivity contribution in [2.75, 3.05) is 26.2 Å². The van der Waals surface area contributed by atoms with Crippen LogP contribution in [0.4, 0.5) is 13.2 Å². The number of rotatable bonds is 8. The van der Waals surface area contributed by atoms with E-state index in [2.05, 4.69) is 21.0 Å². The van der Waals surface area contributed by atoms with Gasteiger partial charge in [-0.25, -0.2) is 0 Å². The highest BCUT2D eigenvalue weighted by molar-refractivity contribution is 7.88. The van der Waals surface area contributed by atoms with E-state index in [1.54, 1.807) is 19.1 Å². The molecule has 2 heterocycles. The molecule has 10 heteroatoms. The summed E-state index contributed by atoms with van der Waals surface area (Å²) in [6.07, 6.45) is 4.61. The fraction of sp³-hybridized carbons (Fsp3) is 0.500. The van der Waals surface area contributed by atoms with Crippen LogP contribution >= 0.6 is 0 Å². The largest absolute Gasteiger partial charge is 0.534 e. The molecule has 0 saturated heterocycles. The van der Waals surface area contributed by atoms with Crippen molar-refractivity contribution in [3.63, 3.8) is 0 Å². The second-order valence-electron chi connectivity index (χ2n) is 7.09. The van der Waals surface area contributed by atoms with Crippen LogP contribution in [-0.2, 0) is 10.1 Å². The predicted molar refractivity (Wildman–Crippen MR) is 109 cm³/mol. The Balaban J connectivity index is 2.04. The molecule has 0 spiro atoms. The maximum Gasteiger partial charge on any atom is 0.534 e. The fourth-order valence-electron chi connectivity index (χ4n) is 3.40. The van der Waals surface area contributed by atoms with E-state index in [4.69, 9.17) is 4.74 Å². The number of alkyl halides is 3. The molecular formula is C20H25F3N2O4S. The summed E-state index contributed by atoms with van der Waals surface area (Å²) in [7, 11) is -5.82. The second-order valence-corrected chi connectivity index (χ2v) is 8.62. The zero-order chi connectivity index (χ0) is 21.9. The Hall–Kier alpha value is -2.20. The van der Waals surface area contributed by atoms with E-state index in [0.717, 1.165) is 31.5 Å². The molecular weight excluding hydrogens is 421 g/mol. The standard InChI is InChI=1S/C20H25F3N2O4S/c1-3-5-10-25-11-8-14(9-12-25)18-19(29-30(26,27)20(21,22)23)16-13-15(28-4-2)6-7-17(16)24-18/h6-8,13,24H,3-5,9-12H2,1-2H3. The second kappa shape index (κ2) is 8.89. The van der Waals surface area contributed by atoms with Gasteiger partial charge in [0.25, 0.3) is 0 Å². The number of fused-ring (bicyclic) bond motifs is 1. The van der Waals surface area contributed by atoms with Crippen LogP contribution < -0.4 is 8.92 Å². The SMILES string of the molecule is CCCCN1CC=C(c2[nH]c3ccc(OCC)cc3c2OS(=O)(=O)C(F)(F)F)CC1. The Bertz CT molecular complexity index is 1030. The molecule has 2 aromatic rings. The topological polar surface area (TPSA) is 71.6 Å². The number of unbranched alkanes of at least 4 members (excludes halogenated alkanes) is 1. The highest BCUT2D eigenvalue weighted by Gasteiger charge is 2.49. The van der Waals surface area contributed by atoms with Crippen LogP contribution in [0.2, 0.25) is 0 Å². The molecule has 166 valence electrons. The van der Waals surface area contributed by atoms with Gasteiger partial charge in [-0.3, -0.25) is 4.90 Å². The molecule has 3 rings (SSSR count). The quantitative estimate of drug-likeness (QED) is 0.471. The number of H-pyrrole nitrogens is 1. The van der Waals surface area contributed by atoms with Crippen molar-refractivity contribution >= 4 is 26.6 Å². The lowest BCUT2D eigenvalue weighted by Gasteiger charge is -2.26. The van der Waals surface area contributed by atoms with Crippen molar-refractivity contribution in [3.8, 4) is 11.5 Å². The van der Waals surface area contributed by atoms with Crippen molar-refractivity contribution in [2.24, 2.45) is 0 Å². The van der Waals surface area contributed by atoms with E-state index in [1.165, 1.54) is 6.07 Å². The van der Waals surface area contributed by atoms with Gasteiger partial charge in [0.2, 0.25) is 0 Å². The summed E-state index contributed by atoms with van der Waals surface area (Å²) in [4.78, 5) is 5.28. The van der Waals surface area contributed by atoms with Crippen LogP contribution in [0.15, 0.2) is 24.3 Å². The van der Waals surface area contributed by atoms with Crippen LogP contribution in [0, 0.1) is 0 Å². The molecule has 1 N–H and O–H groups in total. The smallest absolute Gasteiger partial charge is 0.494 e. The summed E-state index contributed by atoms with van der Waals surface area (Å²) in [5, 5.41) is 0.220. The number of halogens is 3. The highest BCUT2D eigenvalue weighted by atomic mass is 32.2. The van der Waals surface area contributed by atoms with E-state index in [-0.39, 0.29) is 16.8 Å². The minimum Gasteiger partial charge on any atom is -0.494 e. The fourth-order valence-corrected chi connectivity index (χ4v) is 3.88. The number of ether oxygens (including phenoxy) is 1. The van der Waals surface area contributed by atoms with Gasteiger partial charge in [0, 0.05) is 18.5 Å². The first-order chi connectivity index (χ1) is 14.2. The molecule has 0 fully saturated rings. The van der Waals surface area contributed by atoms with Crippen LogP contribution in [0.3, 0.4) is 0 Å². The van der Waals surface area contributed by atoms with Gasteiger partial charge in [-0.1, -0.05) is 19.4 Å². The summed E-state index contributed by atoms with van der Waals surface area (Å²) >= 11 is 0. The van der Waals surface area contributed by atoms with Crippen LogP contribution in [0.5, 0.6) is 11.5 Å². The predicted octanol–water partition coefficient (Wildman–Crippen LogP) is 4.68. The van der Waals surface area contributed by atoms with E-state index >= 15 is 0 Å². The zero-order valence-corrected chi connectivity index (χ0v) is 17.7. The number of aromatic amines is 1. The molecule has 0 saturated carbocycles. The molecule has 0 aliphatic carbocycles. The highest BCUT2D eigenvalue weighted by Crippen LogP contribution is 2.40. The lowest BCUT2D eigenvalue weighted by atomic mass is 10.0. The molecule has 1 aromatic carbocycles. The van der Waals surface area contributed by atoms with Gasteiger partial charge in [-0.05, 0) is 50.1 Å². The van der Waals surface area contributed by atoms with Crippen molar-refractivity contribution in [1.29, 1.82) is 0 Å². The third-order valence-electron chi connectivity index (χ3n) is 4.95. The Kier molecular flexibility index (Phi) is 6.66. The van der Waals surface area contributed by atoms with Crippen molar-refractivity contribution in [1.82, 2.24) is 9.88 Å². The maximum atomic E-state index is 13.0. The first kappa shape index (κ1) is 22.5. The van der Waals surface area contributed by atoms with E-state index < -0.39 is 15.6 Å². The number of nitrogens with zero attached hydrogens (tertiary/aromatic N) is 1. The van der Waals surface area contributed by atoms with Gasteiger partial charge in [-0.2, -0.15) is 21.6 Å². The van der Waals surface area contributed by atoms with Crippen molar-refractivity contribution in [2.45, 2.75) is 38.6 Å². The summed E-state index contributed by atoms with van der Waals surface area (Å²) in [6.45, 7) is 6.55. The number of nitrogens with one attached hydrogen (secondary N) is 1. The molecule has 0 unspecified atom stereocenters. The number of benzene rings is 1. The molecule has 1 aliphatic heterocycles. The minimum atomic E-state index is -5.82. The molecule has 0 atom stereocenters. The summed E-state index contributed by atoms with van der Waals surface area (Å²) in [5.74, 6) is 0.0605. The van der Waals surface area contributed by atoms with Crippen LogP contribution in [0.25, 0.3) is 16.5 Å². The van der Waals surface area contributed by atoms with Gasteiger partial charge in [0.1, 0.15) is 5.75 Å². The monoisotopic (exact) mass is 446 g/mol. The van der Waals surface area contributed by atoms with Gasteiger partial charge in [0.05, 0.1) is 17.8 Å². The Labute approximate surface area is 173 Å². The molecule has 30 heavy (non-hydrogen) atoms. The van der Waals surface area contributed by atoms with Gasteiger partial charge >= 0.3 is 15.6 Å². The lowest BCUT2D eigenvalue weighted by molar-refractivity contribution is -0.0499. The third kappa shape index (κ3) is 4.75. The summed E-state index contributed by atoms with van der Waals surface area (Å²) in [5.41, 5.74) is -4.08. The van der Waals surface area contributed by atoms with Gasteiger partial charge < -0.3 is 13.9 Å².